The van der Waals surface area contributed by atoms with Crippen LogP contribution in [0.1, 0.15) is 29.4 Å². The average Bonchev–Trinajstić information content (AvgIpc) is 2.73. The number of ketones is 1. The number of aromatic nitrogens is 3. The Balaban J connectivity index is 2.06. The highest BCUT2D eigenvalue weighted by molar-refractivity contribution is 5.95. The molecule has 150 valence electrons. The zero-order valence-corrected chi connectivity index (χ0v) is 15.5. The summed E-state index contributed by atoms with van der Waals surface area (Å²) in [5.74, 6) is -0.281. The third-order valence-electron chi connectivity index (χ3n) is 4.29. The van der Waals surface area contributed by atoms with Gasteiger partial charge in [-0.05, 0) is 36.2 Å². The van der Waals surface area contributed by atoms with E-state index in [0.29, 0.717) is 16.8 Å². The third kappa shape index (κ3) is 5.03. The topological polar surface area (TPSA) is 76.0 Å². The minimum Gasteiger partial charge on any atom is -0.396 e. The molecule has 0 radical (unpaired) electrons. The van der Waals surface area contributed by atoms with Gasteiger partial charge in [-0.3, -0.25) is 9.78 Å². The van der Waals surface area contributed by atoms with E-state index in [1.165, 1.54) is 24.4 Å². The van der Waals surface area contributed by atoms with E-state index in [1.54, 1.807) is 25.3 Å². The number of carbonyl (C=O) groups excluding carboxylic acids is 1. The summed E-state index contributed by atoms with van der Waals surface area (Å²) in [6.45, 7) is 1.59. The lowest BCUT2D eigenvalue weighted by atomic mass is 10.0. The molecule has 0 aliphatic rings. The summed E-state index contributed by atoms with van der Waals surface area (Å²) in [5, 5.41) is 9.20. The first-order valence-electron chi connectivity index (χ1n) is 8.89. The van der Waals surface area contributed by atoms with Crippen molar-refractivity contribution in [2.75, 3.05) is 6.61 Å². The fourth-order valence-electron chi connectivity index (χ4n) is 2.68. The lowest BCUT2D eigenvalue weighted by Gasteiger charge is -2.11. The van der Waals surface area contributed by atoms with Crippen LogP contribution in [0.15, 0.2) is 54.9 Å². The van der Waals surface area contributed by atoms with E-state index in [4.69, 9.17) is 0 Å². The van der Waals surface area contributed by atoms with Gasteiger partial charge in [0.2, 0.25) is 0 Å². The monoisotopic (exact) mass is 401 g/mol. The molecule has 0 aliphatic carbocycles. The Hall–Kier alpha value is -3.13. The molecule has 0 amide bonds. The largest absolute Gasteiger partial charge is 0.416 e. The summed E-state index contributed by atoms with van der Waals surface area (Å²) in [5.41, 5.74) is 0.692. The molecule has 1 atom stereocenters. The van der Waals surface area contributed by atoms with Crippen molar-refractivity contribution < 1.29 is 23.1 Å². The van der Waals surface area contributed by atoms with Gasteiger partial charge in [0.05, 0.1) is 11.3 Å². The van der Waals surface area contributed by atoms with Crippen molar-refractivity contribution in [3.8, 4) is 22.6 Å². The molecule has 0 unspecified atom stereocenters. The number of nitrogens with zero attached hydrogens (tertiary/aromatic N) is 3. The minimum absolute atomic E-state index is 0.0897. The molecular formula is C21H18F3N3O2. The number of alkyl halides is 3. The van der Waals surface area contributed by atoms with Gasteiger partial charge in [0, 0.05) is 36.5 Å². The lowest BCUT2D eigenvalue weighted by Crippen LogP contribution is -2.12. The number of hydrogen-bond donors (Lipinski definition) is 1. The summed E-state index contributed by atoms with van der Waals surface area (Å²) in [7, 11) is 0. The van der Waals surface area contributed by atoms with Crippen LogP contribution >= 0.6 is 0 Å². The van der Waals surface area contributed by atoms with Crippen molar-refractivity contribution in [1.29, 1.82) is 0 Å². The maximum atomic E-state index is 12.8. The number of halogens is 3. The smallest absolute Gasteiger partial charge is 0.396 e. The molecule has 0 saturated heterocycles. The van der Waals surface area contributed by atoms with Crippen molar-refractivity contribution in [1.82, 2.24) is 15.0 Å². The predicted octanol–water partition coefficient (Wildman–Crippen LogP) is 4.43. The minimum atomic E-state index is -4.44. The average molecular weight is 401 g/mol. The Morgan fingerprint density at radius 3 is 2.41 bits per heavy atom. The molecule has 0 saturated carbocycles. The number of Topliss-reactive ketones (excluding diaryl/α,β-unsaturated/α-hetero) is 1. The van der Waals surface area contributed by atoms with Crippen molar-refractivity contribution in [2.24, 2.45) is 5.92 Å². The van der Waals surface area contributed by atoms with Crippen LogP contribution in [0.5, 0.6) is 0 Å². The standard InChI is InChI=1S/C21H18F3N3O2/c1-13(12-28)9-19(29)18-10-17(14-4-6-16(7-5-14)21(22,23)24)26-20(27-18)15-3-2-8-25-11-15/h2-8,10-11,13,28H,9,12H2,1H3/t13-/m1/s1. The number of aliphatic hydroxyl groups excluding tert-OH is 1. The second kappa shape index (κ2) is 8.48. The van der Waals surface area contributed by atoms with E-state index in [1.807, 2.05) is 0 Å². The summed E-state index contributed by atoms with van der Waals surface area (Å²) in [6.07, 6.45) is -1.23. The van der Waals surface area contributed by atoms with Crippen molar-refractivity contribution in [3.63, 3.8) is 0 Å². The quantitative estimate of drug-likeness (QED) is 0.619. The van der Waals surface area contributed by atoms with Gasteiger partial charge in [-0.1, -0.05) is 19.1 Å². The number of hydrogen-bond acceptors (Lipinski definition) is 5. The highest BCUT2D eigenvalue weighted by Gasteiger charge is 2.30. The molecule has 1 aromatic carbocycles. The van der Waals surface area contributed by atoms with Crippen LogP contribution in [0, 0.1) is 5.92 Å². The number of rotatable bonds is 6. The lowest BCUT2D eigenvalue weighted by molar-refractivity contribution is -0.137. The first kappa shape index (κ1) is 20.6. The van der Waals surface area contributed by atoms with Crippen LogP contribution in [-0.2, 0) is 6.18 Å². The highest BCUT2D eigenvalue weighted by Crippen LogP contribution is 2.31. The van der Waals surface area contributed by atoms with Crippen molar-refractivity contribution in [2.45, 2.75) is 19.5 Å². The Morgan fingerprint density at radius 2 is 1.83 bits per heavy atom. The molecule has 3 rings (SSSR count). The zero-order valence-electron chi connectivity index (χ0n) is 15.5. The van der Waals surface area contributed by atoms with Crippen LogP contribution in [0.25, 0.3) is 22.6 Å². The zero-order chi connectivity index (χ0) is 21.0. The SMILES string of the molecule is C[C@@H](CO)CC(=O)c1cc(-c2ccc(C(F)(F)F)cc2)nc(-c2cccnc2)n1. The van der Waals surface area contributed by atoms with Crippen molar-refractivity contribution in [3.05, 3.63) is 66.1 Å². The van der Waals surface area contributed by atoms with Gasteiger partial charge in [0.15, 0.2) is 11.6 Å². The first-order chi connectivity index (χ1) is 13.8. The summed E-state index contributed by atoms with van der Waals surface area (Å²) >= 11 is 0. The fraction of sp³-hybridized carbons (Fsp3) is 0.238. The van der Waals surface area contributed by atoms with E-state index < -0.39 is 11.7 Å². The number of pyridine rings is 1. The molecule has 5 nitrogen and oxygen atoms in total. The van der Waals surface area contributed by atoms with Gasteiger partial charge >= 0.3 is 6.18 Å². The number of aliphatic hydroxyl groups is 1. The van der Waals surface area contributed by atoms with E-state index >= 15 is 0 Å². The van der Waals surface area contributed by atoms with Crippen LogP contribution in [0.4, 0.5) is 13.2 Å². The van der Waals surface area contributed by atoms with E-state index in [-0.39, 0.29) is 36.2 Å². The Bertz CT molecular complexity index is 990. The summed E-state index contributed by atoms with van der Waals surface area (Å²) in [6, 6.07) is 9.43. The van der Waals surface area contributed by atoms with Gasteiger partial charge in [0.25, 0.3) is 0 Å². The molecule has 0 fully saturated rings. The number of carbonyl (C=O) groups is 1. The van der Waals surface area contributed by atoms with E-state index in [2.05, 4.69) is 15.0 Å². The molecule has 0 aliphatic heterocycles. The first-order valence-corrected chi connectivity index (χ1v) is 8.89. The number of benzene rings is 1. The molecule has 0 bridgehead atoms. The maximum absolute atomic E-state index is 12.8. The molecule has 0 spiro atoms. The normalized spacial score (nSPS) is 12.6. The maximum Gasteiger partial charge on any atom is 0.416 e. The second-order valence-electron chi connectivity index (χ2n) is 6.69. The van der Waals surface area contributed by atoms with Gasteiger partial charge in [-0.15, -0.1) is 0 Å². The van der Waals surface area contributed by atoms with Crippen molar-refractivity contribution >= 4 is 5.78 Å². The molecule has 29 heavy (non-hydrogen) atoms. The second-order valence-corrected chi connectivity index (χ2v) is 6.69. The molecular weight excluding hydrogens is 383 g/mol. The summed E-state index contributed by atoms with van der Waals surface area (Å²) in [4.78, 5) is 25.3. The Labute approximate surface area is 165 Å². The van der Waals surface area contributed by atoms with Gasteiger partial charge in [0.1, 0.15) is 5.69 Å². The van der Waals surface area contributed by atoms with Crippen LogP contribution in [0.3, 0.4) is 0 Å². The van der Waals surface area contributed by atoms with Gasteiger partial charge < -0.3 is 5.11 Å². The molecule has 1 N–H and O–H groups in total. The third-order valence-corrected chi connectivity index (χ3v) is 4.29. The molecule has 2 aromatic heterocycles. The highest BCUT2D eigenvalue weighted by atomic mass is 19.4. The van der Waals surface area contributed by atoms with Gasteiger partial charge in [-0.2, -0.15) is 13.2 Å². The Kier molecular flexibility index (Phi) is 6.03. The van der Waals surface area contributed by atoms with Crippen LogP contribution in [-0.4, -0.2) is 32.4 Å². The van der Waals surface area contributed by atoms with Gasteiger partial charge in [-0.25, -0.2) is 9.97 Å². The molecule has 3 aromatic rings. The van der Waals surface area contributed by atoms with Crippen LogP contribution < -0.4 is 0 Å². The summed E-state index contributed by atoms with van der Waals surface area (Å²) < 4.78 is 38.5. The van der Waals surface area contributed by atoms with Crippen LogP contribution in [0.2, 0.25) is 0 Å². The Morgan fingerprint density at radius 1 is 1.10 bits per heavy atom. The van der Waals surface area contributed by atoms with E-state index in [0.717, 1.165) is 12.1 Å². The van der Waals surface area contributed by atoms with E-state index in [9.17, 15) is 23.1 Å². The predicted molar refractivity (Wildman–Crippen MR) is 101 cm³/mol. The fourth-order valence-corrected chi connectivity index (χ4v) is 2.68. The molecule has 8 heteroatoms. The molecule has 2 heterocycles.